The Labute approximate surface area is 126 Å². The summed E-state index contributed by atoms with van der Waals surface area (Å²) in [6.07, 6.45) is 2.14. The standard InChI is InChI=1S/C17H24N2O2/c1-13(15(18)14-5-3-2-4-6-14)16(20)19-9-7-17(11-19)8-10-21-12-17/h2-6,13,15H,7-12,18H2,1H3. The van der Waals surface area contributed by atoms with Gasteiger partial charge in [-0.2, -0.15) is 0 Å². The van der Waals surface area contributed by atoms with Crippen molar-refractivity contribution in [3.05, 3.63) is 35.9 Å². The Morgan fingerprint density at radius 3 is 2.76 bits per heavy atom. The number of rotatable bonds is 3. The van der Waals surface area contributed by atoms with Crippen LogP contribution < -0.4 is 5.73 Å². The largest absolute Gasteiger partial charge is 0.381 e. The summed E-state index contributed by atoms with van der Waals surface area (Å²) in [4.78, 5) is 14.7. The van der Waals surface area contributed by atoms with E-state index in [0.717, 1.165) is 44.7 Å². The summed E-state index contributed by atoms with van der Waals surface area (Å²) in [5.41, 5.74) is 7.52. The molecule has 2 saturated heterocycles. The van der Waals surface area contributed by atoms with Gasteiger partial charge in [-0.05, 0) is 18.4 Å². The Kier molecular flexibility index (Phi) is 4.00. The van der Waals surface area contributed by atoms with Crippen molar-refractivity contribution in [2.75, 3.05) is 26.3 Å². The van der Waals surface area contributed by atoms with Crippen LogP contribution in [0.2, 0.25) is 0 Å². The van der Waals surface area contributed by atoms with Crippen molar-refractivity contribution in [3.63, 3.8) is 0 Å². The maximum atomic E-state index is 12.7. The lowest BCUT2D eigenvalue weighted by atomic mass is 9.87. The zero-order chi connectivity index (χ0) is 14.9. The summed E-state index contributed by atoms with van der Waals surface area (Å²) in [6, 6.07) is 9.64. The highest BCUT2D eigenvalue weighted by Gasteiger charge is 2.43. The Balaban J connectivity index is 1.65. The molecule has 21 heavy (non-hydrogen) atoms. The van der Waals surface area contributed by atoms with E-state index in [0.29, 0.717) is 0 Å². The minimum atomic E-state index is -0.241. The molecular weight excluding hydrogens is 264 g/mol. The third-order valence-corrected chi connectivity index (χ3v) is 5.05. The van der Waals surface area contributed by atoms with Gasteiger partial charge >= 0.3 is 0 Å². The molecule has 2 fully saturated rings. The van der Waals surface area contributed by atoms with Crippen LogP contribution in [0.15, 0.2) is 30.3 Å². The number of likely N-dealkylation sites (tertiary alicyclic amines) is 1. The SMILES string of the molecule is CC(C(=O)N1CCC2(CCOC2)C1)C(N)c1ccccc1. The molecule has 2 heterocycles. The number of benzene rings is 1. The van der Waals surface area contributed by atoms with E-state index >= 15 is 0 Å². The first-order valence-corrected chi connectivity index (χ1v) is 7.78. The van der Waals surface area contributed by atoms with Crippen LogP contribution in [0.3, 0.4) is 0 Å². The van der Waals surface area contributed by atoms with E-state index in [2.05, 4.69) is 0 Å². The number of carbonyl (C=O) groups is 1. The molecule has 1 aromatic carbocycles. The van der Waals surface area contributed by atoms with Gasteiger partial charge in [0.2, 0.25) is 5.91 Å². The molecule has 1 spiro atoms. The third-order valence-electron chi connectivity index (χ3n) is 5.05. The Hall–Kier alpha value is -1.39. The van der Waals surface area contributed by atoms with E-state index in [1.807, 2.05) is 42.2 Å². The van der Waals surface area contributed by atoms with Gasteiger partial charge in [-0.1, -0.05) is 37.3 Å². The monoisotopic (exact) mass is 288 g/mol. The number of nitrogens with two attached hydrogens (primary N) is 1. The van der Waals surface area contributed by atoms with Gasteiger partial charge in [0.05, 0.1) is 12.5 Å². The summed E-state index contributed by atoms with van der Waals surface area (Å²) >= 11 is 0. The van der Waals surface area contributed by atoms with E-state index < -0.39 is 0 Å². The van der Waals surface area contributed by atoms with Gasteiger partial charge in [-0.15, -0.1) is 0 Å². The Morgan fingerprint density at radius 1 is 1.33 bits per heavy atom. The zero-order valence-corrected chi connectivity index (χ0v) is 12.6. The molecular formula is C17H24N2O2. The molecule has 0 saturated carbocycles. The van der Waals surface area contributed by atoms with E-state index in [1.54, 1.807) is 0 Å². The molecule has 2 aliphatic rings. The summed E-state index contributed by atoms with van der Waals surface area (Å²) in [6.45, 7) is 5.25. The number of hydrogen-bond acceptors (Lipinski definition) is 3. The molecule has 0 aromatic heterocycles. The summed E-state index contributed by atoms with van der Waals surface area (Å²) in [5, 5.41) is 0. The second-order valence-corrected chi connectivity index (χ2v) is 6.54. The van der Waals surface area contributed by atoms with Crippen LogP contribution in [0.5, 0.6) is 0 Å². The first-order chi connectivity index (χ1) is 10.1. The normalized spacial score (nSPS) is 28.0. The third kappa shape index (κ3) is 2.83. The van der Waals surface area contributed by atoms with Gasteiger partial charge in [-0.3, -0.25) is 4.79 Å². The van der Waals surface area contributed by atoms with Crippen molar-refractivity contribution in [1.82, 2.24) is 4.90 Å². The zero-order valence-electron chi connectivity index (χ0n) is 12.6. The fraction of sp³-hybridized carbons (Fsp3) is 0.588. The van der Waals surface area contributed by atoms with Crippen molar-refractivity contribution >= 4 is 5.91 Å². The molecule has 3 rings (SSSR count). The second kappa shape index (κ2) is 5.78. The van der Waals surface area contributed by atoms with E-state index in [-0.39, 0.29) is 23.3 Å². The minimum absolute atomic E-state index is 0.176. The maximum Gasteiger partial charge on any atom is 0.227 e. The minimum Gasteiger partial charge on any atom is -0.381 e. The van der Waals surface area contributed by atoms with Crippen LogP contribution in [-0.4, -0.2) is 37.1 Å². The van der Waals surface area contributed by atoms with Crippen LogP contribution in [0.4, 0.5) is 0 Å². The van der Waals surface area contributed by atoms with Gasteiger partial charge in [0.25, 0.3) is 0 Å². The first-order valence-electron chi connectivity index (χ1n) is 7.78. The molecule has 3 unspecified atom stereocenters. The number of amides is 1. The van der Waals surface area contributed by atoms with Crippen molar-refractivity contribution in [1.29, 1.82) is 0 Å². The van der Waals surface area contributed by atoms with Crippen LogP contribution in [0, 0.1) is 11.3 Å². The highest BCUT2D eigenvalue weighted by Crippen LogP contribution is 2.39. The molecule has 1 amide bonds. The quantitative estimate of drug-likeness (QED) is 0.925. The molecule has 0 bridgehead atoms. The van der Waals surface area contributed by atoms with Gasteiger partial charge < -0.3 is 15.4 Å². The van der Waals surface area contributed by atoms with Crippen molar-refractivity contribution in [3.8, 4) is 0 Å². The van der Waals surface area contributed by atoms with Gasteiger partial charge in [-0.25, -0.2) is 0 Å². The molecule has 2 aliphatic heterocycles. The van der Waals surface area contributed by atoms with Gasteiger partial charge in [0.1, 0.15) is 0 Å². The summed E-state index contributed by atoms with van der Waals surface area (Å²) < 4.78 is 5.52. The second-order valence-electron chi connectivity index (χ2n) is 6.54. The number of carbonyl (C=O) groups excluding carboxylic acids is 1. The maximum absolute atomic E-state index is 12.7. The first kappa shape index (κ1) is 14.5. The molecule has 0 aliphatic carbocycles. The fourth-order valence-corrected chi connectivity index (χ4v) is 3.50. The predicted molar refractivity (Wildman–Crippen MR) is 81.6 cm³/mol. The molecule has 114 valence electrons. The summed E-state index contributed by atoms with van der Waals surface area (Å²) in [5.74, 6) is -0.0139. The lowest BCUT2D eigenvalue weighted by molar-refractivity contribution is -0.135. The molecule has 0 radical (unpaired) electrons. The topological polar surface area (TPSA) is 55.6 Å². The molecule has 2 N–H and O–H groups in total. The molecule has 4 heteroatoms. The fourth-order valence-electron chi connectivity index (χ4n) is 3.50. The summed E-state index contributed by atoms with van der Waals surface area (Å²) in [7, 11) is 0. The van der Waals surface area contributed by atoms with Crippen molar-refractivity contribution in [2.45, 2.75) is 25.8 Å². The van der Waals surface area contributed by atoms with E-state index in [9.17, 15) is 4.79 Å². The average Bonchev–Trinajstić information content (AvgIpc) is 3.16. The lowest BCUT2D eigenvalue weighted by Crippen LogP contribution is -2.39. The van der Waals surface area contributed by atoms with E-state index in [4.69, 9.17) is 10.5 Å². The van der Waals surface area contributed by atoms with Gasteiger partial charge in [0.15, 0.2) is 0 Å². The highest BCUT2D eigenvalue weighted by atomic mass is 16.5. The number of ether oxygens (including phenoxy) is 1. The van der Waals surface area contributed by atoms with Crippen LogP contribution >= 0.6 is 0 Å². The molecule has 3 atom stereocenters. The van der Waals surface area contributed by atoms with Gasteiger partial charge in [0, 0.05) is 31.2 Å². The van der Waals surface area contributed by atoms with Crippen molar-refractivity contribution in [2.24, 2.45) is 17.1 Å². The highest BCUT2D eigenvalue weighted by molar-refractivity contribution is 5.79. The average molecular weight is 288 g/mol. The number of nitrogens with zero attached hydrogens (tertiary/aromatic N) is 1. The predicted octanol–water partition coefficient (Wildman–Crippen LogP) is 1.96. The lowest BCUT2D eigenvalue weighted by Gasteiger charge is -2.27. The Morgan fingerprint density at radius 2 is 2.10 bits per heavy atom. The van der Waals surface area contributed by atoms with Crippen LogP contribution in [0.25, 0.3) is 0 Å². The smallest absolute Gasteiger partial charge is 0.227 e. The van der Waals surface area contributed by atoms with Crippen LogP contribution in [0.1, 0.15) is 31.4 Å². The van der Waals surface area contributed by atoms with Crippen molar-refractivity contribution < 1.29 is 9.53 Å². The number of hydrogen-bond donors (Lipinski definition) is 1. The molecule has 1 aromatic rings. The Bertz CT molecular complexity index is 497. The van der Waals surface area contributed by atoms with Crippen LogP contribution in [-0.2, 0) is 9.53 Å². The molecule has 4 nitrogen and oxygen atoms in total. The van der Waals surface area contributed by atoms with E-state index in [1.165, 1.54) is 0 Å².